The number of hydrogen-bond acceptors (Lipinski definition) is 3. The van der Waals surface area contributed by atoms with Gasteiger partial charge in [-0.15, -0.1) is 13.2 Å². The van der Waals surface area contributed by atoms with Crippen LogP contribution in [0, 0.1) is 17.8 Å². The number of anilines is 2. The van der Waals surface area contributed by atoms with Gasteiger partial charge in [-0.05, 0) is 61.1 Å². The number of fused-ring (bicyclic) bond motifs is 1. The molecule has 4 rings (SSSR count). The summed E-state index contributed by atoms with van der Waals surface area (Å²) >= 11 is 0. The lowest BCUT2D eigenvalue weighted by Gasteiger charge is -2.20. The first kappa shape index (κ1) is 18.7. The number of para-hydroxylation sites is 1. The normalized spacial score (nSPS) is 24.3. The highest BCUT2D eigenvalue weighted by molar-refractivity contribution is 5.97. The Kier molecular flexibility index (Phi) is 4.91. The van der Waals surface area contributed by atoms with Crippen LogP contribution in [0.2, 0.25) is 0 Å². The molecule has 0 bridgehead atoms. The summed E-state index contributed by atoms with van der Waals surface area (Å²) in [5, 5.41) is 3.43. The van der Waals surface area contributed by atoms with Gasteiger partial charge in [0.2, 0.25) is 5.91 Å². The highest BCUT2D eigenvalue weighted by atomic mass is 19.4. The standard InChI is InChI=1S/C21H21F3N2O2/c22-21(23,24)28-18-8-6-17(7-9-18)26-13-15-10-14(11-19(15)20(26)27)12-25-16-4-2-1-3-5-16/h1-9,14-15,19,25H,10-13H2. The highest BCUT2D eigenvalue weighted by Crippen LogP contribution is 2.44. The van der Waals surface area contributed by atoms with E-state index in [4.69, 9.17) is 0 Å². The summed E-state index contributed by atoms with van der Waals surface area (Å²) in [7, 11) is 0. The molecule has 1 aliphatic heterocycles. The van der Waals surface area contributed by atoms with E-state index in [-0.39, 0.29) is 17.6 Å². The quantitative estimate of drug-likeness (QED) is 0.806. The molecule has 148 valence electrons. The Morgan fingerprint density at radius 3 is 2.39 bits per heavy atom. The number of halogens is 3. The summed E-state index contributed by atoms with van der Waals surface area (Å²) in [6.45, 7) is 1.46. The van der Waals surface area contributed by atoms with Crippen molar-refractivity contribution in [1.29, 1.82) is 0 Å². The number of hydrogen-bond donors (Lipinski definition) is 1. The molecule has 1 saturated carbocycles. The fourth-order valence-corrected chi connectivity index (χ4v) is 4.31. The van der Waals surface area contributed by atoms with Crippen LogP contribution in [0.5, 0.6) is 5.75 Å². The van der Waals surface area contributed by atoms with E-state index in [9.17, 15) is 18.0 Å². The fraction of sp³-hybridized carbons (Fsp3) is 0.381. The van der Waals surface area contributed by atoms with E-state index < -0.39 is 6.36 Å². The van der Waals surface area contributed by atoms with Crippen LogP contribution in [-0.2, 0) is 4.79 Å². The second-order valence-electron chi connectivity index (χ2n) is 7.44. The Labute approximate surface area is 161 Å². The number of benzene rings is 2. The first-order chi connectivity index (χ1) is 13.4. The molecule has 0 aromatic heterocycles. The minimum absolute atomic E-state index is 0.00586. The molecule has 1 amide bonds. The molecule has 0 radical (unpaired) electrons. The molecule has 4 nitrogen and oxygen atoms in total. The van der Waals surface area contributed by atoms with Gasteiger partial charge in [0.05, 0.1) is 0 Å². The molecule has 2 fully saturated rings. The van der Waals surface area contributed by atoms with Crippen molar-refractivity contribution in [3.63, 3.8) is 0 Å². The van der Waals surface area contributed by atoms with Crippen LogP contribution in [0.4, 0.5) is 24.5 Å². The van der Waals surface area contributed by atoms with Gasteiger partial charge in [-0.2, -0.15) is 0 Å². The van der Waals surface area contributed by atoms with Crippen LogP contribution in [0.3, 0.4) is 0 Å². The molecule has 3 unspecified atom stereocenters. The zero-order valence-corrected chi connectivity index (χ0v) is 15.2. The van der Waals surface area contributed by atoms with E-state index in [1.165, 1.54) is 24.3 Å². The Morgan fingerprint density at radius 2 is 1.75 bits per heavy atom. The van der Waals surface area contributed by atoms with Crippen molar-refractivity contribution >= 4 is 17.3 Å². The lowest BCUT2D eigenvalue weighted by molar-refractivity contribution is -0.274. The third-order valence-electron chi connectivity index (χ3n) is 5.54. The Bertz CT molecular complexity index is 824. The van der Waals surface area contributed by atoms with Crippen molar-refractivity contribution < 1.29 is 22.7 Å². The Hall–Kier alpha value is -2.70. The molecule has 2 aromatic rings. The molecule has 2 aromatic carbocycles. The smallest absolute Gasteiger partial charge is 0.406 e. The number of carbonyl (C=O) groups is 1. The van der Waals surface area contributed by atoms with Gasteiger partial charge in [0.1, 0.15) is 5.75 Å². The van der Waals surface area contributed by atoms with E-state index >= 15 is 0 Å². The number of amides is 1. The Balaban J connectivity index is 1.34. The molecular formula is C21H21F3N2O2. The molecule has 1 N–H and O–H groups in total. The maximum absolute atomic E-state index is 12.8. The van der Waals surface area contributed by atoms with Crippen LogP contribution in [0.15, 0.2) is 54.6 Å². The third kappa shape index (κ3) is 4.08. The van der Waals surface area contributed by atoms with Gasteiger partial charge in [0, 0.05) is 30.4 Å². The van der Waals surface area contributed by atoms with E-state index in [1.54, 1.807) is 4.90 Å². The van der Waals surface area contributed by atoms with Crippen LogP contribution >= 0.6 is 0 Å². The summed E-state index contributed by atoms with van der Waals surface area (Å²) in [4.78, 5) is 14.5. The van der Waals surface area contributed by atoms with Crippen molar-refractivity contribution in [2.75, 3.05) is 23.3 Å². The van der Waals surface area contributed by atoms with Gasteiger partial charge in [-0.25, -0.2) is 0 Å². The van der Waals surface area contributed by atoms with E-state index in [1.807, 2.05) is 30.3 Å². The highest BCUT2D eigenvalue weighted by Gasteiger charge is 2.47. The van der Waals surface area contributed by atoms with Crippen LogP contribution < -0.4 is 15.0 Å². The van der Waals surface area contributed by atoms with Crippen molar-refractivity contribution in [2.24, 2.45) is 17.8 Å². The van der Waals surface area contributed by atoms with E-state index in [2.05, 4.69) is 10.1 Å². The van der Waals surface area contributed by atoms with Crippen LogP contribution in [0.25, 0.3) is 0 Å². The topological polar surface area (TPSA) is 41.6 Å². The Morgan fingerprint density at radius 1 is 1.04 bits per heavy atom. The number of alkyl halides is 3. The molecule has 1 saturated heterocycles. The van der Waals surface area contributed by atoms with Crippen LogP contribution in [-0.4, -0.2) is 25.4 Å². The van der Waals surface area contributed by atoms with Crippen molar-refractivity contribution in [3.05, 3.63) is 54.6 Å². The molecular weight excluding hydrogens is 369 g/mol. The predicted octanol–water partition coefficient (Wildman–Crippen LogP) is 4.69. The third-order valence-corrected chi connectivity index (χ3v) is 5.54. The summed E-state index contributed by atoms with van der Waals surface area (Å²) in [5.74, 6) is 0.519. The summed E-state index contributed by atoms with van der Waals surface area (Å²) < 4.78 is 40.7. The summed E-state index contributed by atoms with van der Waals surface area (Å²) in [5.41, 5.74) is 1.70. The molecule has 3 atom stereocenters. The van der Waals surface area contributed by atoms with Gasteiger partial charge >= 0.3 is 6.36 Å². The second kappa shape index (κ2) is 7.37. The van der Waals surface area contributed by atoms with Gasteiger partial charge in [0.25, 0.3) is 0 Å². The molecule has 2 aliphatic rings. The molecule has 1 aliphatic carbocycles. The minimum atomic E-state index is -4.72. The zero-order valence-electron chi connectivity index (χ0n) is 15.2. The number of rotatable bonds is 5. The first-order valence-corrected chi connectivity index (χ1v) is 9.35. The minimum Gasteiger partial charge on any atom is -0.406 e. The lowest BCUT2D eigenvalue weighted by Crippen LogP contribution is -2.28. The molecule has 7 heteroatoms. The van der Waals surface area contributed by atoms with Gasteiger partial charge in [-0.1, -0.05) is 18.2 Å². The van der Waals surface area contributed by atoms with Crippen LogP contribution in [0.1, 0.15) is 12.8 Å². The van der Waals surface area contributed by atoms with E-state index in [0.717, 1.165) is 25.1 Å². The molecule has 1 heterocycles. The monoisotopic (exact) mass is 390 g/mol. The maximum Gasteiger partial charge on any atom is 0.573 e. The van der Waals surface area contributed by atoms with Crippen molar-refractivity contribution in [3.8, 4) is 5.75 Å². The summed E-state index contributed by atoms with van der Waals surface area (Å²) in [6, 6.07) is 15.5. The molecule has 28 heavy (non-hydrogen) atoms. The van der Waals surface area contributed by atoms with E-state index in [0.29, 0.717) is 24.1 Å². The molecule has 0 spiro atoms. The average Bonchev–Trinajstić information content (AvgIpc) is 3.19. The van der Waals surface area contributed by atoms with Gasteiger partial charge in [0.15, 0.2) is 0 Å². The zero-order chi connectivity index (χ0) is 19.7. The van der Waals surface area contributed by atoms with Crippen molar-refractivity contribution in [2.45, 2.75) is 19.2 Å². The lowest BCUT2D eigenvalue weighted by atomic mass is 10.0. The average molecular weight is 390 g/mol. The maximum atomic E-state index is 12.8. The SMILES string of the molecule is O=C1C2CC(CNc3ccccc3)CC2CN1c1ccc(OC(F)(F)F)cc1. The first-order valence-electron chi connectivity index (χ1n) is 9.35. The second-order valence-corrected chi connectivity index (χ2v) is 7.44. The number of nitrogens with one attached hydrogen (secondary N) is 1. The number of nitrogens with zero attached hydrogens (tertiary/aromatic N) is 1. The van der Waals surface area contributed by atoms with Gasteiger partial charge in [-0.3, -0.25) is 4.79 Å². The largest absolute Gasteiger partial charge is 0.573 e. The fourth-order valence-electron chi connectivity index (χ4n) is 4.31. The summed E-state index contributed by atoms with van der Waals surface area (Å²) in [6.07, 6.45) is -2.90. The number of carbonyl (C=O) groups excluding carboxylic acids is 1. The van der Waals surface area contributed by atoms with Gasteiger partial charge < -0.3 is 15.0 Å². The van der Waals surface area contributed by atoms with Crippen molar-refractivity contribution in [1.82, 2.24) is 0 Å². The number of ether oxygens (including phenoxy) is 1. The predicted molar refractivity (Wildman–Crippen MR) is 100 cm³/mol.